The fraction of sp³-hybridized carbons (Fsp3) is 0.294. The molecule has 1 aromatic carbocycles. The van der Waals surface area contributed by atoms with Crippen LogP contribution in [-0.2, 0) is 15.1 Å². The van der Waals surface area contributed by atoms with Crippen LogP contribution in [0, 0.1) is 11.6 Å². The van der Waals surface area contributed by atoms with Crippen molar-refractivity contribution < 1.29 is 27.1 Å². The summed E-state index contributed by atoms with van der Waals surface area (Å²) in [4.78, 5) is 18.1. The number of amides is 1. The van der Waals surface area contributed by atoms with Gasteiger partial charge in [0.25, 0.3) is 5.91 Å². The fourth-order valence-corrected chi connectivity index (χ4v) is 3.13. The molecular weight excluding hydrogens is 354 g/mol. The van der Waals surface area contributed by atoms with E-state index < -0.39 is 35.8 Å². The van der Waals surface area contributed by atoms with Gasteiger partial charge in [0.05, 0.1) is 6.10 Å². The normalized spacial score (nSPS) is 25.7. The highest BCUT2D eigenvalue weighted by Gasteiger charge is 2.51. The second-order valence-electron chi connectivity index (χ2n) is 5.92. The molecule has 1 heterocycles. The van der Waals surface area contributed by atoms with Crippen molar-refractivity contribution in [3.8, 4) is 0 Å². The van der Waals surface area contributed by atoms with Crippen LogP contribution in [0.2, 0.25) is 0 Å². The third kappa shape index (κ3) is 2.98. The van der Waals surface area contributed by atoms with Gasteiger partial charge in [-0.3, -0.25) is 9.69 Å². The number of carbonyl (C=O) groups excluding carboxylic acids is 1. The Morgan fingerprint density at radius 2 is 1.96 bits per heavy atom. The largest absolute Gasteiger partial charge is 0.369 e. The summed E-state index contributed by atoms with van der Waals surface area (Å²) < 4.78 is 57.2. The number of aliphatic imine (C=N–C) groups is 1. The van der Waals surface area contributed by atoms with Crippen LogP contribution in [0.25, 0.3) is 0 Å². The van der Waals surface area contributed by atoms with Gasteiger partial charge in [0.1, 0.15) is 11.6 Å². The Labute approximate surface area is 146 Å². The second kappa shape index (κ2) is 6.56. The number of guanidine groups is 1. The Morgan fingerprint density at radius 3 is 2.50 bits per heavy atom. The van der Waals surface area contributed by atoms with Crippen LogP contribution in [0.4, 0.5) is 17.6 Å². The van der Waals surface area contributed by atoms with Crippen molar-refractivity contribution in [2.24, 2.45) is 10.7 Å². The zero-order valence-electron chi connectivity index (χ0n) is 13.6. The van der Waals surface area contributed by atoms with Crippen molar-refractivity contribution in [2.45, 2.75) is 24.7 Å². The van der Waals surface area contributed by atoms with Gasteiger partial charge >= 0.3 is 6.61 Å². The summed E-state index contributed by atoms with van der Waals surface area (Å²) in [6, 6.07) is 2.60. The van der Waals surface area contributed by atoms with Gasteiger partial charge in [-0.15, -0.1) is 0 Å². The summed E-state index contributed by atoms with van der Waals surface area (Å²) in [6.07, 6.45) is 3.18. The summed E-state index contributed by atoms with van der Waals surface area (Å²) in [5.41, 5.74) is 4.08. The van der Waals surface area contributed by atoms with Gasteiger partial charge in [-0.25, -0.2) is 13.8 Å². The zero-order chi connectivity index (χ0) is 19.1. The molecule has 138 valence electrons. The van der Waals surface area contributed by atoms with Crippen LogP contribution in [0.3, 0.4) is 0 Å². The van der Waals surface area contributed by atoms with Gasteiger partial charge in [-0.2, -0.15) is 8.78 Å². The van der Waals surface area contributed by atoms with Crippen molar-refractivity contribution in [3.05, 3.63) is 59.2 Å². The highest BCUT2D eigenvalue weighted by Crippen LogP contribution is 2.43. The number of allylic oxidation sites excluding steroid dienone is 2. The number of nitrogens with zero attached hydrogens (tertiary/aromatic N) is 2. The van der Waals surface area contributed by atoms with E-state index in [1.165, 1.54) is 25.3 Å². The molecule has 0 saturated heterocycles. The van der Waals surface area contributed by atoms with E-state index in [4.69, 9.17) is 5.73 Å². The average molecular weight is 369 g/mol. The van der Waals surface area contributed by atoms with Gasteiger partial charge < -0.3 is 10.5 Å². The maximum Gasteiger partial charge on any atom is 0.345 e. The average Bonchev–Trinajstić information content (AvgIpc) is 2.79. The minimum atomic E-state index is -3.01. The summed E-state index contributed by atoms with van der Waals surface area (Å²) in [7, 11) is 1.37. The Hall–Kier alpha value is -2.68. The minimum Gasteiger partial charge on any atom is -0.369 e. The molecule has 3 rings (SSSR count). The van der Waals surface area contributed by atoms with Crippen molar-refractivity contribution in [2.75, 3.05) is 7.05 Å². The lowest BCUT2D eigenvalue weighted by Gasteiger charge is -2.31. The van der Waals surface area contributed by atoms with Gasteiger partial charge in [-0.05, 0) is 23.3 Å². The Balaban J connectivity index is 2.13. The van der Waals surface area contributed by atoms with Gasteiger partial charge in [0, 0.05) is 19.5 Å². The summed E-state index contributed by atoms with van der Waals surface area (Å²) in [5.74, 6) is -2.59. The van der Waals surface area contributed by atoms with Crippen LogP contribution in [0.15, 0.2) is 47.0 Å². The first kappa shape index (κ1) is 18.1. The summed E-state index contributed by atoms with van der Waals surface area (Å²) >= 11 is 0. The number of benzene rings is 1. The van der Waals surface area contributed by atoms with Gasteiger partial charge in [0.2, 0.25) is 0 Å². The monoisotopic (exact) mass is 369 g/mol. The van der Waals surface area contributed by atoms with Crippen molar-refractivity contribution in [1.29, 1.82) is 0 Å². The molecule has 5 nitrogen and oxygen atoms in total. The molecule has 9 heteroatoms. The molecule has 0 spiro atoms. The lowest BCUT2D eigenvalue weighted by atomic mass is 9.78. The Kier molecular flexibility index (Phi) is 4.57. The topological polar surface area (TPSA) is 67.9 Å². The number of rotatable bonds is 4. The molecule has 0 bridgehead atoms. The highest BCUT2D eigenvalue weighted by atomic mass is 19.3. The van der Waals surface area contributed by atoms with E-state index in [0.29, 0.717) is 6.07 Å². The fourth-order valence-electron chi connectivity index (χ4n) is 3.13. The summed E-state index contributed by atoms with van der Waals surface area (Å²) in [5, 5.41) is 0. The Bertz CT molecular complexity index is 817. The first-order chi connectivity index (χ1) is 12.2. The molecule has 0 aromatic heterocycles. The SMILES string of the molecule is CN1C(=O)C(C2=CC=CC(OC(F)F)C2)(c2cc(F)cc(F)c2)N=C1N. The van der Waals surface area contributed by atoms with Crippen LogP contribution in [-0.4, -0.2) is 36.5 Å². The van der Waals surface area contributed by atoms with Gasteiger partial charge in [0.15, 0.2) is 11.5 Å². The third-order valence-electron chi connectivity index (χ3n) is 4.31. The standard InChI is InChI=1S/C17H15F4N3O2/c1-24-14(25)17(23-16(24)22,10-5-11(18)8-12(19)6-10)9-3-2-4-13(7-9)26-15(20)21/h2-6,8,13,15H,7H2,1H3,(H2,22,23). The van der Waals surface area contributed by atoms with Crippen LogP contribution >= 0.6 is 0 Å². The van der Waals surface area contributed by atoms with E-state index in [0.717, 1.165) is 17.0 Å². The highest BCUT2D eigenvalue weighted by molar-refractivity contribution is 6.08. The second-order valence-corrected chi connectivity index (χ2v) is 5.92. The van der Waals surface area contributed by atoms with Crippen molar-refractivity contribution >= 4 is 11.9 Å². The van der Waals surface area contributed by atoms with E-state index >= 15 is 0 Å². The molecule has 26 heavy (non-hydrogen) atoms. The molecule has 0 radical (unpaired) electrons. The quantitative estimate of drug-likeness (QED) is 0.829. The first-order valence-corrected chi connectivity index (χ1v) is 7.65. The van der Waals surface area contributed by atoms with Crippen LogP contribution in [0.1, 0.15) is 12.0 Å². The molecule has 0 saturated carbocycles. The molecule has 1 amide bonds. The smallest absolute Gasteiger partial charge is 0.345 e. The molecule has 2 N–H and O–H groups in total. The molecular formula is C17H15F4N3O2. The van der Waals surface area contributed by atoms with Crippen molar-refractivity contribution in [1.82, 2.24) is 4.90 Å². The number of alkyl halides is 2. The van der Waals surface area contributed by atoms with Gasteiger partial charge in [-0.1, -0.05) is 18.2 Å². The minimum absolute atomic E-state index is 0.0790. The lowest BCUT2D eigenvalue weighted by Crippen LogP contribution is -2.42. The maximum absolute atomic E-state index is 13.8. The zero-order valence-corrected chi connectivity index (χ0v) is 13.6. The predicted octanol–water partition coefficient (Wildman–Crippen LogP) is 2.44. The molecule has 2 aliphatic rings. The number of halogens is 4. The maximum atomic E-state index is 13.8. The van der Waals surface area contributed by atoms with Crippen LogP contribution in [0.5, 0.6) is 0 Å². The third-order valence-corrected chi connectivity index (χ3v) is 4.31. The number of hydrogen-bond donors (Lipinski definition) is 1. The van der Waals surface area contributed by atoms with E-state index in [2.05, 4.69) is 9.73 Å². The molecule has 1 aliphatic heterocycles. The molecule has 1 aromatic rings. The Morgan fingerprint density at radius 1 is 1.31 bits per heavy atom. The number of likely N-dealkylation sites (N-methyl/N-ethyl adjacent to an activating group) is 1. The molecule has 2 unspecified atom stereocenters. The van der Waals surface area contributed by atoms with E-state index in [9.17, 15) is 22.4 Å². The first-order valence-electron chi connectivity index (χ1n) is 7.65. The number of ether oxygens (including phenoxy) is 1. The number of nitrogens with two attached hydrogens (primary N) is 1. The van der Waals surface area contributed by atoms with Crippen LogP contribution < -0.4 is 5.73 Å². The lowest BCUT2D eigenvalue weighted by molar-refractivity contribution is -0.150. The van der Waals surface area contributed by atoms with E-state index in [1.54, 1.807) is 0 Å². The molecule has 1 aliphatic carbocycles. The molecule has 0 fully saturated rings. The summed E-state index contributed by atoms with van der Waals surface area (Å²) in [6.45, 7) is -3.01. The predicted molar refractivity (Wildman–Crippen MR) is 85.1 cm³/mol. The van der Waals surface area contributed by atoms with E-state index in [1.807, 2.05) is 0 Å². The molecule has 2 atom stereocenters. The van der Waals surface area contributed by atoms with E-state index in [-0.39, 0.29) is 23.5 Å². The number of carbonyl (C=O) groups is 1. The van der Waals surface area contributed by atoms with Crippen molar-refractivity contribution in [3.63, 3.8) is 0 Å². The number of hydrogen-bond acceptors (Lipinski definition) is 4.